The number of benzene rings is 1. The third-order valence-electron chi connectivity index (χ3n) is 3.79. The predicted octanol–water partition coefficient (Wildman–Crippen LogP) is 3.37. The average molecular weight is 304 g/mol. The van der Waals surface area contributed by atoms with Crippen LogP contribution in [0.2, 0.25) is 0 Å². The molecule has 0 atom stereocenters. The van der Waals surface area contributed by atoms with E-state index >= 15 is 0 Å². The first-order valence-corrected chi connectivity index (χ1v) is 8.30. The van der Waals surface area contributed by atoms with Crippen molar-refractivity contribution in [3.63, 3.8) is 0 Å². The molecule has 0 aliphatic heterocycles. The van der Waals surface area contributed by atoms with E-state index in [2.05, 4.69) is 55.3 Å². The average Bonchev–Trinajstić information content (AvgIpc) is 2.43. The molecule has 3 heteroatoms. The van der Waals surface area contributed by atoms with Gasteiger partial charge in [-0.3, -0.25) is 4.79 Å². The summed E-state index contributed by atoms with van der Waals surface area (Å²) in [6.07, 6.45) is 3.50. The number of nitrogens with zero attached hydrogens (tertiary/aromatic N) is 1. The van der Waals surface area contributed by atoms with Gasteiger partial charge in [0, 0.05) is 13.0 Å². The van der Waals surface area contributed by atoms with Crippen LogP contribution in [0.4, 0.5) is 0 Å². The summed E-state index contributed by atoms with van der Waals surface area (Å²) in [5.74, 6) is 0.171. The lowest BCUT2D eigenvalue weighted by Crippen LogP contribution is -2.26. The molecule has 3 nitrogen and oxygen atoms in total. The van der Waals surface area contributed by atoms with E-state index in [0.717, 1.165) is 32.4 Å². The van der Waals surface area contributed by atoms with Gasteiger partial charge in [-0.2, -0.15) is 0 Å². The third-order valence-corrected chi connectivity index (χ3v) is 3.79. The van der Waals surface area contributed by atoms with Gasteiger partial charge in [-0.15, -0.1) is 0 Å². The monoisotopic (exact) mass is 304 g/mol. The molecule has 0 saturated heterocycles. The van der Waals surface area contributed by atoms with Crippen LogP contribution in [-0.2, 0) is 16.6 Å². The van der Waals surface area contributed by atoms with E-state index in [-0.39, 0.29) is 11.3 Å². The Morgan fingerprint density at radius 3 is 2.27 bits per heavy atom. The minimum absolute atomic E-state index is 0.171. The molecule has 1 aromatic carbocycles. The van der Waals surface area contributed by atoms with Gasteiger partial charge >= 0.3 is 0 Å². The highest BCUT2D eigenvalue weighted by Crippen LogP contribution is 2.22. The molecule has 1 aromatic rings. The Balaban J connectivity index is 2.22. The van der Waals surface area contributed by atoms with Crippen molar-refractivity contribution in [1.29, 1.82) is 0 Å². The van der Waals surface area contributed by atoms with Crippen LogP contribution >= 0.6 is 0 Å². The molecule has 1 N–H and O–H groups in total. The maximum Gasteiger partial charge on any atom is 0.220 e. The quantitative estimate of drug-likeness (QED) is 0.747. The van der Waals surface area contributed by atoms with Crippen LogP contribution in [0.5, 0.6) is 0 Å². The van der Waals surface area contributed by atoms with Gasteiger partial charge in [-0.05, 0) is 56.4 Å². The minimum atomic E-state index is 0.171. The van der Waals surface area contributed by atoms with Gasteiger partial charge in [-0.25, -0.2) is 0 Å². The smallest absolute Gasteiger partial charge is 0.220 e. The summed E-state index contributed by atoms with van der Waals surface area (Å²) >= 11 is 0. The fourth-order valence-electron chi connectivity index (χ4n) is 2.34. The van der Waals surface area contributed by atoms with Crippen LogP contribution in [-0.4, -0.2) is 38.0 Å². The Kier molecular flexibility index (Phi) is 7.60. The molecular formula is C19H32N2O. The van der Waals surface area contributed by atoms with Gasteiger partial charge in [0.1, 0.15) is 0 Å². The second-order valence-electron chi connectivity index (χ2n) is 7.31. The lowest BCUT2D eigenvalue weighted by Gasteiger charge is -2.19. The summed E-state index contributed by atoms with van der Waals surface area (Å²) < 4.78 is 0. The molecule has 0 spiro atoms. The molecule has 124 valence electrons. The van der Waals surface area contributed by atoms with E-state index < -0.39 is 0 Å². The topological polar surface area (TPSA) is 32.3 Å². The van der Waals surface area contributed by atoms with Crippen LogP contribution in [0.3, 0.4) is 0 Å². The minimum Gasteiger partial charge on any atom is -0.356 e. The summed E-state index contributed by atoms with van der Waals surface area (Å²) in [5, 5.41) is 2.99. The molecule has 0 aromatic heterocycles. The van der Waals surface area contributed by atoms with Crippen LogP contribution in [0, 0.1) is 0 Å². The molecule has 0 aliphatic rings. The molecule has 0 fully saturated rings. The summed E-state index contributed by atoms with van der Waals surface area (Å²) in [6.45, 7) is 8.46. The summed E-state index contributed by atoms with van der Waals surface area (Å²) in [7, 11) is 4.10. The number of aryl methyl sites for hydroxylation is 1. The van der Waals surface area contributed by atoms with Crippen LogP contribution < -0.4 is 5.32 Å². The normalized spacial score (nSPS) is 11.7. The van der Waals surface area contributed by atoms with Crippen molar-refractivity contribution in [2.45, 2.75) is 51.9 Å². The summed E-state index contributed by atoms with van der Waals surface area (Å²) in [6, 6.07) is 8.79. The van der Waals surface area contributed by atoms with Crippen molar-refractivity contribution in [1.82, 2.24) is 10.2 Å². The fourth-order valence-corrected chi connectivity index (χ4v) is 2.34. The van der Waals surface area contributed by atoms with Crippen LogP contribution in [0.25, 0.3) is 0 Å². The molecular weight excluding hydrogens is 272 g/mol. The van der Waals surface area contributed by atoms with E-state index in [4.69, 9.17) is 0 Å². The van der Waals surface area contributed by atoms with Gasteiger partial charge in [0.15, 0.2) is 0 Å². The van der Waals surface area contributed by atoms with E-state index in [1.165, 1.54) is 11.1 Å². The van der Waals surface area contributed by atoms with Crippen molar-refractivity contribution < 1.29 is 4.79 Å². The maximum absolute atomic E-state index is 11.7. The van der Waals surface area contributed by atoms with Crippen molar-refractivity contribution in [3.8, 4) is 0 Å². The zero-order chi connectivity index (χ0) is 16.6. The van der Waals surface area contributed by atoms with Crippen molar-refractivity contribution in [2.24, 2.45) is 0 Å². The van der Waals surface area contributed by atoms with E-state index in [9.17, 15) is 4.79 Å². The highest BCUT2D eigenvalue weighted by molar-refractivity contribution is 5.75. The number of nitrogens with one attached hydrogen (secondary N) is 1. The molecule has 22 heavy (non-hydrogen) atoms. The van der Waals surface area contributed by atoms with Gasteiger partial charge in [0.05, 0.1) is 0 Å². The number of hydrogen-bond acceptors (Lipinski definition) is 2. The van der Waals surface area contributed by atoms with Gasteiger partial charge < -0.3 is 10.2 Å². The molecule has 0 saturated carbocycles. The highest BCUT2D eigenvalue weighted by Gasteiger charge is 2.12. The number of amides is 1. The zero-order valence-corrected chi connectivity index (χ0v) is 14.9. The number of rotatable bonds is 8. The molecule has 1 amide bonds. The first kappa shape index (κ1) is 18.7. The number of carbonyl (C=O) groups is 1. The second kappa shape index (κ2) is 8.94. The molecule has 0 bridgehead atoms. The van der Waals surface area contributed by atoms with Gasteiger partial charge in [-0.1, -0.05) is 45.0 Å². The van der Waals surface area contributed by atoms with E-state index in [0.29, 0.717) is 6.42 Å². The summed E-state index contributed by atoms with van der Waals surface area (Å²) in [5.41, 5.74) is 2.87. The molecule has 0 aliphatic carbocycles. The zero-order valence-electron chi connectivity index (χ0n) is 14.9. The first-order valence-electron chi connectivity index (χ1n) is 8.30. The fraction of sp³-hybridized carbons (Fsp3) is 0.632. The number of carbonyl (C=O) groups excluding carboxylic acids is 1. The largest absolute Gasteiger partial charge is 0.356 e. The van der Waals surface area contributed by atoms with Crippen molar-refractivity contribution in [2.75, 3.05) is 27.2 Å². The Morgan fingerprint density at radius 2 is 1.73 bits per heavy atom. The lowest BCUT2D eigenvalue weighted by molar-refractivity contribution is -0.121. The highest BCUT2D eigenvalue weighted by atomic mass is 16.1. The third kappa shape index (κ3) is 7.60. The summed E-state index contributed by atoms with van der Waals surface area (Å²) in [4.78, 5) is 13.9. The Hall–Kier alpha value is -1.35. The van der Waals surface area contributed by atoms with E-state index in [1.807, 2.05) is 14.1 Å². The molecule has 0 heterocycles. The molecule has 0 radical (unpaired) electrons. The Morgan fingerprint density at radius 1 is 1.09 bits per heavy atom. The van der Waals surface area contributed by atoms with Crippen molar-refractivity contribution >= 4 is 5.91 Å². The second-order valence-corrected chi connectivity index (χ2v) is 7.31. The number of hydrogen-bond donors (Lipinski definition) is 1. The SMILES string of the molecule is CN(C)CCCNC(=O)CCCc1ccc(C(C)(C)C)cc1. The lowest BCUT2D eigenvalue weighted by atomic mass is 9.86. The van der Waals surface area contributed by atoms with Crippen LogP contribution in [0.15, 0.2) is 24.3 Å². The van der Waals surface area contributed by atoms with Crippen LogP contribution in [0.1, 0.15) is 51.2 Å². The van der Waals surface area contributed by atoms with Gasteiger partial charge in [0.2, 0.25) is 5.91 Å². The van der Waals surface area contributed by atoms with Gasteiger partial charge in [0.25, 0.3) is 0 Å². The molecule has 0 unspecified atom stereocenters. The first-order chi connectivity index (χ1) is 10.3. The molecule has 1 rings (SSSR count). The standard InChI is InChI=1S/C19H32N2O/c1-19(2,3)17-12-10-16(11-13-17)8-6-9-18(22)20-14-7-15-21(4)5/h10-13H,6-9,14-15H2,1-5H3,(H,20,22). The Labute approximate surface area is 136 Å². The van der Waals surface area contributed by atoms with E-state index in [1.54, 1.807) is 0 Å². The predicted molar refractivity (Wildman–Crippen MR) is 94.3 cm³/mol. The van der Waals surface area contributed by atoms with Crippen molar-refractivity contribution in [3.05, 3.63) is 35.4 Å². The maximum atomic E-state index is 11.7. The Bertz CT molecular complexity index is 443.